The SMILES string of the molecule is CCOC(=O)CC#CCN(C)C(COCc1ccccc1)Cc1ccc(C)cc1. The van der Waals surface area contributed by atoms with Crippen LogP contribution in [0.2, 0.25) is 0 Å². The predicted octanol–water partition coefficient (Wildman–Crippen LogP) is 4.01. The number of ether oxygens (including phenoxy) is 2. The van der Waals surface area contributed by atoms with E-state index in [0.29, 0.717) is 26.4 Å². The van der Waals surface area contributed by atoms with E-state index in [9.17, 15) is 4.79 Å². The second-order valence-electron chi connectivity index (χ2n) is 7.09. The molecule has 29 heavy (non-hydrogen) atoms. The molecule has 0 saturated heterocycles. The summed E-state index contributed by atoms with van der Waals surface area (Å²) in [5, 5.41) is 0. The summed E-state index contributed by atoms with van der Waals surface area (Å²) in [4.78, 5) is 13.6. The van der Waals surface area contributed by atoms with Crippen LogP contribution in [0.15, 0.2) is 54.6 Å². The molecule has 0 saturated carbocycles. The second kappa shape index (κ2) is 12.8. The summed E-state index contributed by atoms with van der Waals surface area (Å²) in [7, 11) is 2.05. The van der Waals surface area contributed by atoms with Gasteiger partial charge >= 0.3 is 5.97 Å². The van der Waals surface area contributed by atoms with E-state index in [2.05, 4.69) is 60.1 Å². The van der Waals surface area contributed by atoms with Crippen molar-refractivity contribution in [2.75, 3.05) is 26.8 Å². The average molecular weight is 394 g/mol. The number of carbonyl (C=O) groups is 1. The Morgan fingerprint density at radius 2 is 1.76 bits per heavy atom. The molecule has 0 aliphatic heterocycles. The van der Waals surface area contributed by atoms with Crippen molar-refractivity contribution in [3.63, 3.8) is 0 Å². The standard InChI is InChI=1S/C25H31NO3/c1-4-29-25(27)12-8-9-17-26(3)24(18-22-15-13-21(2)14-16-22)20-28-19-23-10-6-5-7-11-23/h5-7,10-11,13-16,24H,4,12,17-20H2,1-3H3. The van der Waals surface area contributed by atoms with Gasteiger partial charge in [0.25, 0.3) is 0 Å². The van der Waals surface area contributed by atoms with Gasteiger partial charge in [0.2, 0.25) is 0 Å². The number of nitrogens with zero attached hydrogens (tertiary/aromatic N) is 1. The Balaban J connectivity index is 1.93. The number of hydrogen-bond donors (Lipinski definition) is 0. The van der Waals surface area contributed by atoms with Crippen molar-refractivity contribution >= 4 is 5.97 Å². The van der Waals surface area contributed by atoms with Crippen LogP contribution in [0, 0.1) is 18.8 Å². The molecule has 2 rings (SSSR count). The number of aryl methyl sites for hydroxylation is 1. The minimum absolute atomic E-state index is 0.134. The maximum atomic E-state index is 11.4. The van der Waals surface area contributed by atoms with E-state index in [1.54, 1.807) is 6.92 Å². The molecule has 0 N–H and O–H groups in total. The lowest BCUT2D eigenvalue weighted by Crippen LogP contribution is -2.37. The Morgan fingerprint density at radius 1 is 1.03 bits per heavy atom. The van der Waals surface area contributed by atoms with E-state index >= 15 is 0 Å². The van der Waals surface area contributed by atoms with Crippen molar-refractivity contribution in [2.24, 2.45) is 0 Å². The fourth-order valence-electron chi connectivity index (χ4n) is 2.88. The van der Waals surface area contributed by atoms with Gasteiger partial charge in [0.1, 0.15) is 6.42 Å². The number of benzene rings is 2. The zero-order valence-electron chi connectivity index (χ0n) is 17.7. The highest BCUT2D eigenvalue weighted by molar-refractivity contribution is 5.72. The van der Waals surface area contributed by atoms with Gasteiger partial charge in [-0.3, -0.25) is 9.69 Å². The van der Waals surface area contributed by atoms with Crippen molar-refractivity contribution in [3.05, 3.63) is 71.3 Å². The van der Waals surface area contributed by atoms with Crippen molar-refractivity contribution in [3.8, 4) is 11.8 Å². The van der Waals surface area contributed by atoms with Gasteiger partial charge in [-0.2, -0.15) is 0 Å². The van der Waals surface area contributed by atoms with Gasteiger partial charge in [0.15, 0.2) is 0 Å². The Morgan fingerprint density at radius 3 is 2.45 bits per heavy atom. The van der Waals surface area contributed by atoms with Crippen LogP contribution in [0.1, 0.15) is 30.0 Å². The third-order valence-electron chi connectivity index (χ3n) is 4.63. The number of carbonyl (C=O) groups excluding carboxylic acids is 1. The molecule has 0 heterocycles. The Kier molecular flexibility index (Phi) is 9.99. The van der Waals surface area contributed by atoms with Crippen LogP contribution < -0.4 is 0 Å². The minimum Gasteiger partial charge on any atom is -0.465 e. The van der Waals surface area contributed by atoms with Gasteiger partial charge in [-0.05, 0) is 38.4 Å². The number of likely N-dealkylation sites (N-methyl/N-ethyl adjacent to an activating group) is 1. The molecule has 4 heteroatoms. The van der Waals surface area contributed by atoms with Crippen LogP contribution in [0.5, 0.6) is 0 Å². The summed E-state index contributed by atoms with van der Waals surface area (Å²) in [5.74, 6) is 5.71. The predicted molar refractivity (Wildman–Crippen MR) is 116 cm³/mol. The first-order valence-corrected chi connectivity index (χ1v) is 10.1. The number of esters is 1. The molecule has 4 nitrogen and oxygen atoms in total. The van der Waals surface area contributed by atoms with Gasteiger partial charge in [-0.15, -0.1) is 0 Å². The monoisotopic (exact) mass is 393 g/mol. The maximum absolute atomic E-state index is 11.4. The molecule has 1 atom stereocenters. The van der Waals surface area contributed by atoms with Crippen molar-refractivity contribution in [1.82, 2.24) is 4.90 Å². The van der Waals surface area contributed by atoms with Crippen molar-refractivity contribution in [1.29, 1.82) is 0 Å². The van der Waals surface area contributed by atoms with E-state index in [-0.39, 0.29) is 18.4 Å². The summed E-state index contributed by atoms with van der Waals surface area (Å²) >= 11 is 0. The van der Waals surface area contributed by atoms with E-state index < -0.39 is 0 Å². The van der Waals surface area contributed by atoms with Gasteiger partial charge in [-0.1, -0.05) is 72.0 Å². The molecule has 0 radical (unpaired) electrons. The first-order chi connectivity index (χ1) is 14.1. The third-order valence-corrected chi connectivity index (χ3v) is 4.63. The Hall–Kier alpha value is -2.61. The maximum Gasteiger partial charge on any atom is 0.317 e. The molecular weight excluding hydrogens is 362 g/mol. The Labute approximate surface area is 174 Å². The highest BCUT2D eigenvalue weighted by atomic mass is 16.5. The Bertz CT molecular complexity index is 790. The molecule has 2 aromatic rings. The van der Waals surface area contributed by atoms with E-state index in [0.717, 1.165) is 6.42 Å². The van der Waals surface area contributed by atoms with Gasteiger partial charge < -0.3 is 9.47 Å². The van der Waals surface area contributed by atoms with Crippen LogP contribution in [-0.4, -0.2) is 43.7 Å². The quantitative estimate of drug-likeness (QED) is 0.452. The summed E-state index contributed by atoms with van der Waals surface area (Å²) in [6.45, 7) is 6.05. The van der Waals surface area contributed by atoms with Crippen LogP contribution in [0.3, 0.4) is 0 Å². The summed E-state index contributed by atoms with van der Waals surface area (Å²) < 4.78 is 10.9. The largest absolute Gasteiger partial charge is 0.465 e. The van der Waals surface area contributed by atoms with E-state index in [1.165, 1.54) is 16.7 Å². The molecule has 0 aliphatic carbocycles. The van der Waals surface area contributed by atoms with Gasteiger partial charge in [-0.25, -0.2) is 0 Å². The fraction of sp³-hybridized carbons (Fsp3) is 0.400. The molecule has 2 aromatic carbocycles. The van der Waals surface area contributed by atoms with Crippen LogP contribution >= 0.6 is 0 Å². The molecule has 154 valence electrons. The molecule has 0 bridgehead atoms. The lowest BCUT2D eigenvalue weighted by atomic mass is 10.0. The zero-order chi connectivity index (χ0) is 20.9. The number of hydrogen-bond acceptors (Lipinski definition) is 4. The van der Waals surface area contributed by atoms with Crippen LogP contribution in [0.4, 0.5) is 0 Å². The molecule has 0 fully saturated rings. The van der Waals surface area contributed by atoms with Gasteiger partial charge in [0.05, 0.1) is 26.4 Å². The van der Waals surface area contributed by atoms with E-state index in [1.807, 2.05) is 25.2 Å². The normalized spacial score (nSPS) is 11.6. The minimum atomic E-state index is -0.273. The average Bonchev–Trinajstić information content (AvgIpc) is 2.73. The smallest absolute Gasteiger partial charge is 0.317 e. The zero-order valence-corrected chi connectivity index (χ0v) is 17.7. The first-order valence-electron chi connectivity index (χ1n) is 10.1. The fourth-order valence-corrected chi connectivity index (χ4v) is 2.88. The van der Waals surface area contributed by atoms with Gasteiger partial charge in [0, 0.05) is 6.04 Å². The topological polar surface area (TPSA) is 38.8 Å². The molecule has 0 spiro atoms. The van der Waals surface area contributed by atoms with Crippen LogP contribution in [-0.2, 0) is 27.3 Å². The van der Waals surface area contributed by atoms with Crippen molar-refractivity contribution in [2.45, 2.75) is 39.3 Å². The summed E-state index contributed by atoms with van der Waals surface area (Å²) in [6, 6.07) is 19.0. The molecular formula is C25H31NO3. The third kappa shape index (κ3) is 8.95. The second-order valence-corrected chi connectivity index (χ2v) is 7.09. The molecule has 0 aliphatic rings. The van der Waals surface area contributed by atoms with Crippen molar-refractivity contribution < 1.29 is 14.3 Å². The molecule has 1 unspecified atom stereocenters. The number of rotatable bonds is 10. The summed E-state index contributed by atoms with van der Waals surface area (Å²) in [5.41, 5.74) is 3.69. The highest BCUT2D eigenvalue weighted by Crippen LogP contribution is 2.11. The highest BCUT2D eigenvalue weighted by Gasteiger charge is 2.15. The van der Waals surface area contributed by atoms with Crippen LogP contribution in [0.25, 0.3) is 0 Å². The molecule has 0 amide bonds. The lowest BCUT2D eigenvalue weighted by Gasteiger charge is -2.26. The lowest BCUT2D eigenvalue weighted by molar-refractivity contribution is -0.141. The summed E-state index contributed by atoms with van der Waals surface area (Å²) in [6.07, 6.45) is 1.01. The first kappa shape index (κ1) is 22.7. The van der Waals surface area contributed by atoms with E-state index in [4.69, 9.17) is 9.47 Å². The molecule has 0 aromatic heterocycles.